The highest BCUT2D eigenvalue weighted by molar-refractivity contribution is 5.83. The normalized spacial score (nSPS) is 16.7. The first-order chi connectivity index (χ1) is 9.60. The van der Waals surface area contributed by atoms with Crippen molar-refractivity contribution in [3.8, 4) is 0 Å². The van der Waals surface area contributed by atoms with Gasteiger partial charge in [0.05, 0.1) is 5.56 Å². The zero-order chi connectivity index (χ0) is 14.5. The molecule has 4 nitrogen and oxygen atoms in total. The molecule has 0 amide bonds. The summed E-state index contributed by atoms with van der Waals surface area (Å²) in [6.45, 7) is 5.15. The average molecular weight is 275 g/mol. The zero-order valence-electron chi connectivity index (χ0n) is 12.8. The summed E-state index contributed by atoms with van der Waals surface area (Å²) in [4.78, 5) is 20.2. The number of anilines is 1. The van der Waals surface area contributed by atoms with Crippen molar-refractivity contribution < 1.29 is 4.79 Å². The first-order valence-corrected chi connectivity index (χ1v) is 7.41. The fraction of sp³-hybridized carbons (Fsp3) is 0.625. The molecular weight excluding hydrogens is 250 g/mol. The number of aromatic nitrogens is 1. The van der Waals surface area contributed by atoms with Crippen LogP contribution in [-0.4, -0.2) is 49.9 Å². The van der Waals surface area contributed by atoms with Gasteiger partial charge in [-0.2, -0.15) is 0 Å². The summed E-state index contributed by atoms with van der Waals surface area (Å²) in [5.41, 5.74) is 1.76. The summed E-state index contributed by atoms with van der Waals surface area (Å²) in [5.74, 6) is 1.66. The quantitative estimate of drug-likeness (QED) is 0.773. The number of piperidine rings is 1. The van der Waals surface area contributed by atoms with Gasteiger partial charge in [-0.05, 0) is 64.4 Å². The molecule has 1 aromatic rings. The summed E-state index contributed by atoms with van der Waals surface area (Å²) in [6, 6.07) is 1.92. The van der Waals surface area contributed by atoms with Gasteiger partial charge in [0.15, 0.2) is 6.29 Å². The summed E-state index contributed by atoms with van der Waals surface area (Å²) in [7, 11) is 4.25. The van der Waals surface area contributed by atoms with E-state index in [0.29, 0.717) is 0 Å². The van der Waals surface area contributed by atoms with Crippen molar-refractivity contribution >= 4 is 12.1 Å². The topological polar surface area (TPSA) is 36.4 Å². The molecule has 0 unspecified atom stereocenters. The minimum atomic E-state index is 0.719. The molecule has 1 aromatic heterocycles. The van der Waals surface area contributed by atoms with Gasteiger partial charge in [-0.25, -0.2) is 4.98 Å². The van der Waals surface area contributed by atoms with Crippen LogP contribution in [0.15, 0.2) is 12.3 Å². The molecule has 0 atom stereocenters. The summed E-state index contributed by atoms with van der Waals surface area (Å²) < 4.78 is 0. The van der Waals surface area contributed by atoms with Crippen LogP contribution in [0.1, 0.15) is 35.2 Å². The van der Waals surface area contributed by atoms with E-state index < -0.39 is 0 Å². The minimum absolute atomic E-state index is 0.719. The third-order valence-electron chi connectivity index (χ3n) is 4.06. The van der Waals surface area contributed by atoms with E-state index in [1.54, 1.807) is 0 Å². The van der Waals surface area contributed by atoms with E-state index in [0.717, 1.165) is 48.8 Å². The van der Waals surface area contributed by atoms with E-state index in [1.165, 1.54) is 19.3 Å². The third-order valence-corrected chi connectivity index (χ3v) is 4.06. The van der Waals surface area contributed by atoms with Crippen LogP contribution in [-0.2, 0) is 0 Å². The Balaban J connectivity index is 1.95. The Kier molecular flexibility index (Phi) is 5.12. The first kappa shape index (κ1) is 15.0. The second kappa shape index (κ2) is 6.84. The maximum absolute atomic E-state index is 11.2. The standard InChI is InChI=1S/C16H25N3O/c1-13-10-15(12-20)16(17-11-13)19-8-5-14(6-9-19)4-7-18(2)3/h10-12,14H,4-9H2,1-3H3. The smallest absolute Gasteiger partial charge is 0.153 e. The lowest BCUT2D eigenvalue weighted by atomic mass is 9.93. The number of hydrogen-bond acceptors (Lipinski definition) is 4. The lowest BCUT2D eigenvalue weighted by Crippen LogP contribution is -2.35. The molecule has 0 N–H and O–H groups in total. The Morgan fingerprint density at radius 2 is 2.10 bits per heavy atom. The van der Waals surface area contributed by atoms with Crippen molar-refractivity contribution in [1.82, 2.24) is 9.88 Å². The number of aldehydes is 1. The van der Waals surface area contributed by atoms with E-state index in [1.807, 2.05) is 19.2 Å². The molecule has 2 rings (SSSR count). The van der Waals surface area contributed by atoms with Gasteiger partial charge in [0.25, 0.3) is 0 Å². The van der Waals surface area contributed by atoms with Crippen LogP contribution < -0.4 is 4.90 Å². The number of carbonyl (C=O) groups excluding carboxylic acids is 1. The molecular formula is C16H25N3O. The molecule has 0 aliphatic carbocycles. The van der Waals surface area contributed by atoms with Gasteiger partial charge in [-0.1, -0.05) is 0 Å². The number of nitrogens with zero attached hydrogens (tertiary/aromatic N) is 3. The SMILES string of the molecule is Cc1cnc(N2CCC(CCN(C)C)CC2)c(C=O)c1. The van der Waals surface area contributed by atoms with E-state index in [-0.39, 0.29) is 0 Å². The van der Waals surface area contributed by atoms with E-state index >= 15 is 0 Å². The Labute approximate surface area is 121 Å². The first-order valence-electron chi connectivity index (χ1n) is 7.41. The Bertz CT molecular complexity index is 451. The number of hydrogen-bond donors (Lipinski definition) is 0. The van der Waals surface area contributed by atoms with Crippen LogP contribution in [0, 0.1) is 12.8 Å². The lowest BCUT2D eigenvalue weighted by molar-refractivity contribution is 0.112. The average Bonchev–Trinajstić information content (AvgIpc) is 2.45. The van der Waals surface area contributed by atoms with Crippen LogP contribution >= 0.6 is 0 Å². The lowest BCUT2D eigenvalue weighted by Gasteiger charge is -2.33. The molecule has 0 saturated carbocycles. The Hall–Kier alpha value is -1.42. The molecule has 0 radical (unpaired) electrons. The van der Waals surface area contributed by atoms with Gasteiger partial charge in [0.2, 0.25) is 0 Å². The molecule has 20 heavy (non-hydrogen) atoms. The van der Waals surface area contributed by atoms with E-state index in [9.17, 15) is 4.79 Å². The number of aryl methyl sites for hydroxylation is 1. The second-order valence-electron chi connectivity index (χ2n) is 6.07. The largest absolute Gasteiger partial charge is 0.356 e. The predicted molar refractivity (Wildman–Crippen MR) is 82.5 cm³/mol. The molecule has 2 heterocycles. The van der Waals surface area contributed by atoms with Crippen LogP contribution in [0.3, 0.4) is 0 Å². The van der Waals surface area contributed by atoms with Crippen LogP contribution in [0.2, 0.25) is 0 Å². The number of pyridine rings is 1. The van der Waals surface area contributed by atoms with Gasteiger partial charge in [0.1, 0.15) is 5.82 Å². The Morgan fingerprint density at radius 3 is 2.70 bits per heavy atom. The van der Waals surface area contributed by atoms with Crippen molar-refractivity contribution in [3.05, 3.63) is 23.4 Å². The van der Waals surface area contributed by atoms with Gasteiger partial charge < -0.3 is 9.80 Å². The van der Waals surface area contributed by atoms with E-state index in [2.05, 4.69) is 28.9 Å². The van der Waals surface area contributed by atoms with Gasteiger partial charge in [-0.15, -0.1) is 0 Å². The van der Waals surface area contributed by atoms with Crippen molar-refractivity contribution in [2.45, 2.75) is 26.2 Å². The van der Waals surface area contributed by atoms with Crippen molar-refractivity contribution in [2.24, 2.45) is 5.92 Å². The summed E-state index contributed by atoms with van der Waals surface area (Å²) >= 11 is 0. The number of rotatable bonds is 5. The molecule has 1 saturated heterocycles. The third kappa shape index (κ3) is 3.79. The van der Waals surface area contributed by atoms with Gasteiger partial charge in [0, 0.05) is 19.3 Å². The highest BCUT2D eigenvalue weighted by Gasteiger charge is 2.21. The fourth-order valence-corrected chi connectivity index (χ4v) is 2.81. The maximum Gasteiger partial charge on any atom is 0.153 e. The number of carbonyl (C=O) groups is 1. The van der Waals surface area contributed by atoms with Crippen LogP contribution in [0.4, 0.5) is 5.82 Å². The predicted octanol–water partition coefficient (Wildman–Crippen LogP) is 2.37. The summed E-state index contributed by atoms with van der Waals surface area (Å²) in [6.07, 6.45) is 6.43. The molecule has 1 fully saturated rings. The van der Waals surface area contributed by atoms with Gasteiger partial charge >= 0.3 is 0 Å². The molecule has 1 aliphatic heterocycles. The molecule has 0 bridgehead atoms. The zero-order valence-corrected chi connectivity index (χ0v) is 12.8. The van der Waals surface area contributed by atoms with Crippen molar-refractivity contribution in [2.75, 3.05) is 38.6 Å². The molecule has 0 spiro atoms. The fourth-order valence-electron chi connectivity index (χ4n) is 2.81. The van der Waals surface area contributed by atoms with Crippen LogP contribution in [0.25, 0.3) is 0 Å². The van der Waals surface area contributed by atoms with Gasteiger partial charge in [-0.3, -0.25) is 4.79 Å². The molecule has 4 heteroatoms. The van der Waals surface area contributed by atoms with E-state index in [4.69, 9.17) is 0 Å². The summed E-state index contributed by atoms with van der Waals surface area (Å²) in [5, 5.41) is 0. The molecule has 110 valence electrons. The second-order valence-corrected chi connectivity index (χ2v) is 6.07. The van der Waals surface area contributed by atoms with Crippen molar-refractivity contribution in [3.63, 3.8) is 0 Å². The monoisotopic (exact) mass is 275 g/mol. The highest BCUT2D eigenvalue weighted by Crippen LogP contribution is 2.26. The minimum Gasteiger partial charge on any atom is -0.356 e. The Morgan fingerprint density at radius 1 is 1.40 bits per heavy atom. The van der Waals surface area contributed by atoms with Crippen LogP contribution in [0.5, 0.6) is 0 Å². The van der Waals surface area contributed by atoms with Crippen molar-refractivity contribution in [1.29, 1.82) is 0 Å². The maximum atomic E-state index is 11.2. The highest BCUT2D eigenvalue weighted by atomic mass is 16.1. The molecule has 0 aromatic carbocycles. The molecule has 1 aliphatic rings.